The van der Waals surface area contributed by atoms with Crippen LogP contribution in [0, 0.1) is 5.92 Å². The number of nitrogens with one attached hydrogen (secondary N) is 1. The lowest BCUT2D eigenvalue weighted by Gasteiger charge is -2.35. The Kier molecular flexibility index (Phi) is 4.66. The van der Waals surface area contributed by atoms with Crippen molar-refractivity contribution in [2.24, 2.45) is 5.92 Å². The van der Waals surface area contributed by atoms with Crippen LogP contribution < -0.4 is 5.32 Å². The molecule has 0 amide bonds. The Labute approximate surface area is 119 Å². The highest BCUT2D eigenvalue weighted by Gasteiger charge is 2.33. The van der Waals surface area contributed by atoms with Crippen LogP contribution in [0.25, 0.3) is 0 Å². The van der Waals surface area contributed by atoms with E-state index in [4.69, 9.17) is 0 Å². The number of sulfonamides is 1. The lowest BCUT2D eigenvalue weighted by Crippen LogP contribution is -2.48. The van der Waals surface area contributed by atoms with Crippen molar-refractivity contribution in [2.45, 2.75) is 36.9 Å². The van der Waals surface area contributed by atoms with Crippen molar-refractivity contribution in [3.8, 4) is 0 Å². The molecule has 1 aromatic rings. The minimum absolute atomic E-state index is 0.346. The van der Waals surface area contributed by atoms with E-state index in [1.165, 1.54) is 11.3 Å². The molecule has 0 aliphatic carbocycles. The van der Waals surface area contributed by atoms with Crippen LogP contribution in [0.3, 0.4) is 0 Å². The van der Waals surface area contributed by atoms with Crippen molar-refractivity contribution in [3.05, 3.63) is 17.0 Å². The van der Waals surface area contributed by atoms with Gasteiger partial charge in [-0.3, -0.25) is 0 Å². The minimum Gasteiger partial charge on any atom is -0.317 e. The fourth-order valence-electron chi connectivity index (χ4n) is 2.57. The molecule has 0 aromatic carbocycles. The SMILES string of the molecule is CCc1ccc(S(=O)(=O)N2CCC(NC)C(C)C2)s1. The zero-order chi connectivity index (χ0) is 14.0. The number of hydrogen-bond acceptors (Lipinski definition) is 4. The van der Waals surface area contributed by atoms with Gasteiger partial charge in [0.2, 0.25) is 0 Å². The molecule has 1 saturated heterocycles. The lowest BCUT2D eigenvalue weighted by molar-refractivity contribution is 0.228. The van der Waals surface area contributed by atoms with E-state index in [0.717, 1.165) is 17.7 Å². The maximum absolute atomic E-state index is 12.6. The molecular formula is C13H22N2O2S2. The van der Waals surface area contributed by atoms with E-state index in [1.54, 1.807) is 10.4 Å². The maximum Gasteiger partial charge on any atom is 0.252 e. The first-order valence-corrected chi connectivity index (χ1v) is 9.00. The topological polar surface area (TPSA) is 49.4 Å². The van der Waals surface area contributed by atoms with Gasteiger partial charge in [-0.05, 0) is 37.9 Å². The molecule has 2 rings (SSSR count). The average Bonchev–Trinajstić information content (AvgIpc) is 2.88. The zero-order valence-corrected chi connectivity index (χ0v) is 13.4. The smallest absolute Gasteiger partial charge is 0.252 e. The normalized spacial score (nSPS) is 25.6. The Morgan fingerprint density at radius 1 is 1.47 bits per heavy atom. The van der Waals surface area contributed by atoms with Crippen LogP contribution in [0.15, 0.2) is 16.3 Å². The van der Waals surface area contributed by atoms with Gasteiger partial charge in [-0.1, -0.05) is 13.8 Å². The predicted octanol–water partition coefficient (Wildman–Crippen LogP) is 1.93. The molecule has 1 aliphatic heterocycles. The lowest BCUT2D eigenvalue weighted by atomic mass is 9.96. The average molecular weight is 302 g/mol. The fourth-order valence-corrected chi connectivity index (χ4v) is 5.57. The van der Waals surface area contributed by atoms with Crippen LogP contribution in [-0.2, 0) is 16.4 Å². The molecule has 1 aliphatic rings. The van der Waals surface area contributed by atoms with Crippen molar-refractivity contribution in [3.63, 3.8) is 0 Å². The molecule has 0 saturated carbocycles. The summed E-state index contributed by atoms with van der Waals surface area (Å²) in [7, 11) is -1.35. The summed E-state index contributed by atoms with van der Waals surface area (Å²) in [5, 5.41) is 3.26. The van der Waals surface area contributed by atoms with Crippen molar-refractivity contribution in [1.82, 2.24) is 9.62 Å². The number of nitrogens with zero attached hydrogens (tertiary/aromatic N) is 1. The molecule has 6 heteroatoms. The molecule has 1 aromatic heterocycles. The Morgan fingerprint density at radius 3 is 2.74 bits per heavy atom. The summed E-state index contributed by atoms with van der Waals surface area (Å²) in [4.78, 5) is 1.12. The van der Waals surface area contributed by atoms with Gasteiger partial charge in [0, 0.05) is 24.0 Å². The van der Waals surface area contributed by atoms with Gasteiger partial charge in [0.1, 0.15) is 4.21 Å². The third-order valence-electron chi connectivity index (χ3n) is 3.82. The Hall–Kier alpha value is -0.430. The van der Waals surface area contributed by atoms with E-state index >= 15 is 0 Å². The van der Waals surface area contributed by atoms with Crippen LogP contribution in [0.4, 0.5) is 0 Å². The molecule has 2 unspecified atom stereocenters. The van der Waals surface area contributed by atoms with E-state index < -0.39 is 10.0 Å². The Morgan fingerprint density at radius 2 is 2.21 bits per heavy atom. The van der Waals surface area contributed by atoms with Crippen LogP contribution in [0.1, 0.15) is 25.1 Å². The Bertz CT molecular complexity index is 525. The van der Waals surface area contributed by atoms with Gasteiger partial charge in [0.25, 0.3) is 10.0 Å². The summed E-state index contributed by atoms with van der Waals surface area (Å²) in [6.07, 6.45) is 1.77. The number of piperidine rings is 1. The van der Waals surface area contributed by atoms with Gasteiger partial charge in [-0.2, -0.15) is 4.31 Å². The first kappa shape index (κ1) is 15.0. The van der Waals surface area contributed by atoms with Crippen molar-refractivity contribution in [1.29, 1.82) is 0 Å². The second-order valence-corrected chi connectivity index (χ2v) is 8.43. The molecule has 2 heterocycles. The summed E-state index contributed by atoms with van der Waals surface area (Å²) in [5.41, 5.74) is 0. The van der Waals surface area contributed by atoms with Crippen molar-refractivity contribution in [2.75, 3.05) is 20.1 Å². The number of aryl methyl sites for hydroxylation is 1. The maximum atomic E-state index is 12.6. The fraction of sp³-hybridized carbons (Fsp3) is 0.692. The number of hydrogen-bond donors (Lipinski definition) is 1. The third-order valence-corrected chi connectivity index (χ3v) is 7.38. The molecule has 108 valence electrons. The molecule has 0 spiro atoms. The highest BCUT2D eigenvalue weighted by atomic mass is 32.2. The Balaban J connectivity index is 2.17. The van der Waals surface area contributed by atoms with Gasteiger partial charge in [-0.15, -0.1) is 11.3 Å². The highest BCUT2D eigenvalue weighted by molar-refractivity contribution is 7.91. The molecular weight excluding hydrogens is 280 g/mol. The third kappa shape index (κ3) is 3.02. The number of rotatable bonds is 4. The van der Waals surface area contributed by atoms with Crippen LogP contribution >= 0.6 is 11.3 Å². The molecule has 1 fully saturated rings. The van der Waals surface area contributed by atoms with Crippen LogP contribution in [0.2, 0.25) is 0 Å². The second kappa shape index (κ2) is 5.91. The zero-order valence-electron chi connectivity index (χ0n) is 11.7. The van der Waals surface area contributed by atoms with Gasteiger partial charge < -0.3 is 5.32 Å². The highest BCUT2D eigenvalue weighted by Crippen LogP contribution is 2.28. The second-order valence-electron chi connectivity index (χ2n) is 5.10. The first-order chi connectivity index (χ1) is 8.98. The molecule has 2 atom stereocenters. The quantitative estimate of drug-likeness (QED) is 0.924. The van der Waals surface area contributed by atoms with E-state index in [9.17, 15) is 8.42 Å². The van der Waals surface area contributed by atoms with Gasteiger partial charge >= 0.3 is 0 Å². The van der Waals surface area contributed by atoms with Crippen LogP contribution in [0.5, 0.6) is 0 Å². The molecule has 0 bridgehead atoms. The predicted molar refractivity (Wildman–Crippen MR) is 79.1 cm³/mol. The van der Waals surface area contributed by atoms with Gasteiger partial charge in [0.05, 0.1) is 0 Å². The monoisotopic (exact) mass is 302 g/mol. The summed E-state index contributed by atoms with van der Waals surface area (Å²) >= 11 is 1.40. The van der Waals surface area contributed by atoms with E-state index in [2.05, 4.69) is 12.2 Å². The number of thiophene rings is 1. The van der Waals surface area contributed by atoms with E-state index in [-0.39, 0.29) is 0 Å². The van der Waals surface area contributed by atoms with E-state index in [0.29, 0.717) is 29.3 Å². The van der Waals surface area contributed by atoms with Crippen molar-refractivity contribution >= 4 is 21.4 Å². The van der Waals surface area contributed by atoms with E-state index in [1.807, 2.05) is 20.0 Å². The van der Waals surface area contributed by atoms with Crippen LogP contribution in [-0.4, -0.2) is 38.9 Å². The molecule has 0 radical (unpaired) electrons. The molecule has 19 heavy (non-hydrogen) atoms. The standard InChI is InChI=1S/C13H22N2O2S2/c1-4-11-5-6-13(18-11)19(16,17)15-8-7-12(14-3)10(2)9-15/h5-6,10,12,14H,4,7-9H2,1-3H3. The largest absolute Gasteiger partial charge is 0.317 e. The summed E-state index contributed by atoms with van der Waals surface area (Å²) < 4.78 is 27.3. The summed E-state index contributed by atoms with van der Waals surface area (Å²) in [6.45, 7) is 5.36. The van der Waals surface area contributed by atoms with Gasteiger partial charge in [-0.25, -0.2) is 8.42 Å². The molecule has 4 nitrogen and oxygen atoms in total. The first-order valence-electron chi connectivity index (χ1n) is 6.75. The molecule has 1 N–H and O–H groups in total. The van der Waals surface area contributed by atoms with Crippen molar-refractivity contribution < 1.29 is 8.42 Å². The summed E-state index contributed by atoms with van der Waals surface area (Å²) in [6, 6.07) is 4.08. The van der Waals surface area contributed by atoms with Gasteiger partial charge in [0.15, 0.2) is 0 Å². The minimum atomic E-state index is -3.29. The summed E-state index contributed by atoms with van der Waals surface area (Å²) in [5.74, 6) is 0.346.